The molecule has 2 rings (SSSR count). The van der Waals surface area contributed by atoms with Crippen LogP contribution >= 0.6 is 0 Å². The maximum atomic E-state index is 10.5. The minimum Gasteiger partial charge on any atom is -0.388 e. The highest BCUT2D eigenvalue weighted by Crippen LogP contribution is 2.27. The smallest absolute Gasteiger partial charge is 0.176 e. The normalized spacial score (nSPS) is 47.1. The Kier molecular flexibility index (Phi) is 8.08. The largest absolute Gasteiger partial charge is 0.388 e. The van der Waals surface area contributed by atoms with Gasteiger partial charge in [-0.15, -0.1) is 0 Å². The van der Waals surface area contributed by atoms with E-state index in [9.17, 15) is 15.3 Å². The van der Waals surface area contributed by atoms with Crippen molar-refractivity contribution in [2.75, 3.05) is 26.2 Å². The Labute approximate surface area is 151 Å². The van der Waals surface area contributed by atoms with E-state index in [1.807, 2.05) is 0 Å². The van der Waals surface area contributed by atoms with Crippen molar-refractivity contribution in [3.63, 3.8) is 0 Å². The number of aliphatic hydroxyl groups is 3. The van der Waals surface area contributed by atoms with E-state index >= 15 is 0 Å². The summed E-state index contributed by atoms with van der Waals surface area (Å²) in [4.78, 5) is 0. The molecule has 12 nitrogen and oxygen atoms in total. The number of nitrogens with two attached hydrogens (primary N) is 5. The third-order valence-corrected chi connectivity index (χ3v) is 4.62. The van der Waals surface area contributed by atoms with Crippen LogP contribution in [-0.2, 0) is 18.9 Å². The Balaban J connectivity index is 2.09. The van der Waals surface area contributed by atoms with Crippen molar-refractivity contribution in [3.8, 4) is 0 Å². The minimum atomic E-state index is -1.31. The quantitative estimate of drug-likeness (QED) is 0.206. The zero-order valence-corrected chi connectivity index (χ0v) is 14.5. The molecule has 2 aliphatic heterocycles. The summed E-state index contributed by atoms with van der Waals surface area (Å²) < 4.78 is 22.3. The summed E-state index contributed by atoms with van der Waals surface area (Å²) in [6, 6.07) is -1.99. The molecule has 13 N–H and O–H groups in total. The number of hydrogen-bond donors (Lipinski definition) is 8. The average Bonchev–Trinajstić information content (AvgIpc) is 2.64. The van der Waals surface area contributed by atoms with Gasteiger partial charge in [-0.3, -0.25) is 0 Å². The van der Waals surface area contributed by atoms with E-state index in [4.69, 9.17) is 47.6 Å². The fraction of sp³-hybridized carbons (Fsp3) is 1.00. The van der Waals surface area contributed by atoms with E-state index in [0.717, 1.165) is 0 Å². The molecule has 10 atom stereocenters. The van der Waals surface area contributed by atoms with Crippen LogP contribution in [0.1, 0.15) is 0 Å². The van der Waals surface area contributed by atoms with E-state index < -0.39 is 61.3 Å². The predicted molar refractivity (Wildman–Crippen MR) is 89.3 cm³/mol. The Morgan fingerprint density at radius 1 is 0.769 bits per heavy atom. The lowest BCUT2D eigenvalue weighted by atomic mass is 9.95. The maximum Gasteiger partial charge on any atom is 0.176 e. The van der Waals surface area contributed by atoms with Gasteiger partial charge in [0.2, 0.25) is 0 Å². The summed E-state index contributed by atoms with van der Waals surface area (Å²) in [5.41, 5.74) is 28.5. The third kappa shape index (κ3) is 4.49. The molecule has 26 heavy (non-hydrogen) atoms. The Morgan fingerprint density at radius 3 is 1.92 bits per heavy atom. The Morgan fingerprint density at radius 2 is 1.35 bits per heavy atom. The number of aliphatic hydroxyl groups excluding tert-OH is 3. The molecule has 0 radical (unpaired) electrons. The van der Waals surface area contributed by atoms with Gasteiger partial charge in [0.15, 0.2) is 12.6 Å². The van der Waals surface area contributed by atoms with Crippen LogP contribution < -0.4 is 28.7 Å². The van der Waals surface area contributed by atoms with Gasteiger partial charge in [-0.1, -0.05) is 0 Å². The van der Waals surface area contributed by atoms with E-state index in [0.29, 0.717) is 0 Å². The van der Waals surface area contributed by atoms with E-state index in [1.54, 1.807) is 0 Å². The van der Waals surface area contributed by atoms with E-state index in [1.165, 1.54) is 0 Å². The van der Waals surface area contributed by atoms with Gasteiger partial charge in [0.25, 0.3) is 0 Å². The highest BCUT2D eigenvalue weighted by molar-refractivity contribution is 4.96. The molecule has 0 unspecified atom stereocenters. The average molecular weight is 381 g/mol. The van der Waals surface area contributed by atoms with Gasteiger partial charge in [0.05, 0.1) is 18.7 Å². The number of hydrogen-bond acceptors (Lipinski definition) is 12. The van der Waals surface area contributed by atoms with Gasteiger partial charge < -0.3 is 62.9 Å². The molecule has 2 saturated heterocycles. The third-order valence-electron chi connectivity index (χ3n) is 4.62. The summed E-state index contributed by atoms with van der Waals surface area (Å²) >= 11 is 0. The first-order chi connectivity index (χ1) is 12.3. The summed E-state index contributed by atoms with van der Waals surface area (Å²) in [7, 11) is 0. The molecule has 2 fully saturated rings. The zero-order chi connectivity index (χ0) is 19.4. The van der Waals surface area contributed by atoms with Crippen LogP contribution in [0.5, 0.6) is 0 Å². The van der Waals surface area contributed by atoms with Crippen LogP contribution in [0.25, 0.3) is 0 Å². The van der Waals surface area contributed by atoms with Gasteiger partial charge in [-0.25, -0.2) is 0 Å². The molecule has 0 amide bonds. The van der Waals surface area contributed by atoms with Crippen LogP contribution in [0.3, 0.4) is 0 Å². The monoisotopic (exact) mass is 381 g/mol. The molecule has 0 aliphatic carbocycles. The van der Waals surface area contributed by atoms with Gasteiger partial charge in [-0.05, 0) is 0 Å². The lowest BCUT2D eigenvalue weighted by Crippen LogP contribution is -2.68. The Hall–Kier alpha value is -0.480. The molecular weight excluding hydrogens is 350 g/mol. The van der Waals surface area contributed by atoms with Crippen molar-refractivity contribution in [1.82, 2.24) is 0 Å². The van der Waals surface area contributed by atoms with Crippen molar-refractivity contribution >= 4 is 0 Å². The molecule has 0 saturated carbocycles. The van der Waals surface area contributed by atoms with Crippen molar-refractivity contribution < 1.29 is 34.3 Å². The summed E-state index contributed by atoms with van der Waals surface area (Å²) in [5.74, 6) is 0. The lowest BCUT2D eigenvalue weighted by molar-refractivity contribution is -0.321. The van der Waals surface area contributed by atoms with Gasteiger partial charge in [0, 0.05) is 19.6 Å². The molecule has 12 heteroatoms. The molecule has 0 aromatic rings. The molecule has 0 bridgehead atoms. The first-order valence-electron chi connectivity index (χ1n) is 8.59. The maximum absolute atomic E-state index is 10.5. The Bertz CT molecular complexity index is 432. The van der Waals surface area contributed by atoms with E-state index in [-0.39, 0.29) is 26.2 Å². The summed E-state index contributed by atoms with van der Waals surface area (Å²) in [6.07, 6.45) is -8.41. The predicted octanol–water partition coefficient (Wildman–Crippen LogP) is -5.55. The molecule has 0 spiro atoms. The standard InChI is InChI=1S/C14H31N5O7/c15-1-2-23-13-8(19)11(22)12(6(4-17)25-13)26-14-7(18)10(21)9(20)5(3-16)24-14/h5-14,20-22H,1-4,15-19H2/t5-,6-,7-,8-,9-,10-,11-,12-,13+,14-/m1/s1. The summed E-state index contributed by atoms with van der Waals surface area (Å²) in [6.45, 7) is 0.419. The molecule has 0 aromatic carbocycles. The zero-order valence-electron chi connectivity index (χ0n) is 14.5. The molecule has 2 aliphatic rings. The molecule has 2 heterocycles. The van der Waals surface area contributed by atoms with Crippen molar-refractivity contribution in [3.05, 3.63) is 0 Å². The molecule has 0 aromatic heterocycles. The van der Waals surface area contributed by atoms with Gasteiger partial charge >= 0.3 is 0 Å². The second-order valence-electron chi connectivity index (χ2n) is 6.44. The van der Waals surface area contributed by atoms with Crippen LogP contribution in [0.2, 0.25) is 0 Å². The van der Waals surface area contributed by atoms with Crippen molar-refractivity contribution in [2.24, 2.45) is 28.7 Å². The van der Waals surface area contributed by atoms with Crippen LogP contribution in [-0.4, -0.2) is 103 Å². The van der Waals surface area contributed by atoms with Crippen LogP contribution in [0.4, 0.5) is 0 Å². The first kappa shape index (κ1) is 21.8. The highest BCUT2D eigenvalue weighted by Gasteiger charge is 2.49. The van der Waals surface area contributed by atoms with E-state index in [2.05, 4.69) is 0 Å². The second kappa shape index (κ2) is 9.64. The molecular formula is C14H31N5O7. The van der Waals surface area contributed by atoms with Gasteiger partial charge in [-0.2, -0.15) is 0 Å². The lowest BCUT2D eigenvalue weighted by Gasteiger charge is -2.46. The minimum absolute atomic E-state index is 0.00435. The van der Waals surface area contributed by atoms with Crippen LogP contribution in [0, 0.1) is 0 Å². The number of rotatable bonds is 7. The van der Waals surface area contributed by atoms with Crippen LogP contribution in [0.15, 0.2) is 0 Å². The topological polar surface area (TPSA) is 228 Å². The fourth-order valence-electron chi connectivity index (χ4n) is 3.06. The van der Waals surface area contributed by atoms with Gasteiger partial charge in [0.1, 0.15) is 36.6 Å². The van der Waals surface area contributed by atoms with Crippen molar-refractivity contribution in [2.45, 2.75) is 61.3 Å². The summed E-state index contributed by atoms with van der Waals surface area (Å²) in [5, 5.41) is 30.5. The number of ether oxygens (including phenoxy) is 4. The fourth-order valence-corrected chi connectivity index (χ4v) is 3.06. The highest BCUT2D eigenvalue weighted by atomic mass is 16.7. The first-order valence-corrected chi connectivity index (χ1v) is 8.59. The SMILES string of the molecule is NCCO[C@H]1O[C@H](CN)[C@@H](O[C@H]2O[C@H](CN)[C@@H](O)[C@H](O)[C@H]2N)[C@H](O)[C@H]1N. The second-order valence-corrected chi connectivity index (χ2v) is 6.44. The molecule has 154 valence electrons. The van der Waals surface area contributed by atoms with Crippen molar-refractivity contribution in [1.29, 1.82) is 0 Å².